The van der Waals surface area contributed by atoms with Crippen LogP contribution in [-0.4, -0.2) is 58.0 Å². The fourth-order valence-electron chi connectivity index (χ4n) is 3.95. The highest BCUT2D eigenvalue weighted by molar-refractivity contribution is 7.89. The highest BCUT2D eigenvalue weighted by Gasteiger charge is 2.33. The molecule has 0 aliphatic carbocycles. The Balaban J connectivity index is 1.39. The molecule has 9 heteroatoms. The van der Waals surface area contributed by atoms with Gasteiger partial charge in [-0.25, -0.2) is 8.42 Å². The molecule has 7 nitrogen and oxygen atoms in total. The summed E-state index contributed by atoms with van der Waals surface area (Å²) >= 11 is 5.87. The van der Waals surface area contributed by atoms with Crippen LogP contribution in [0.2, 0.25) is 5.02 Å². The number of hydrogen-bond acceptors (Lipinski definition) is 5. The average Bonchev–Trinajstić information content (AvgIpc) is 2.80. The van der Waals surface area contributed by atoms with Gasteiger partial charge in [0.1, 0.15) is 0 Å². The quantitative estimate of drug-likeness (QED) is 0.736. The van der Waals surface area contributed by atoms with E-state index in [-0.39, 0.29) is 17.3 Å². The summed E-state index contributed by atoms with van der Waals surface area (Å²) in [7, 11) is -3.66. The third kappa shape index (κ3) is 5.20. The van der Waals surface area contributed by atoms with Crippen molar-refractivity contribution >= 4 is 38.9 Å². The molecule has 0 spiro atoms. The second kappa shape index (κ2) is 9.56. The lowest BCUT2D eigenvalue weighted by molar-refractivity contribution is -0.120. The molecule has 166 valence electrons. The van der Waals surface area contributed by atoms with Gasteiger partial charge in [0.05, 0.1) is 24.0 Å². The number of carbonyl (C=O) groups excluding carboxylic acids is 1. The Labute approximate surface area is 188 Å². The van der Waals surface area contributed by atoms with Gasteiger partial charge >= 0.3 is 0 Å². The minimum atomic E-state index is -3.66. The molecule has 2 aromatic carbocycles. The summed E-state index contributed by atoms with van der Waals surface area (Å²) in [4.78, 5) is 15.3. The van der Waals surface area contributed by atoms with Gasteiger partial charge in [-0.05, 0) is 61.4 Å². The molecule has 2 aliphatic heterocycles. The van der Waals surface area contributed by atoms with Crippen LogP contribution in [0.15, 0.2) is 53.4 Å². The van der Waals surface area contributed by atoms with Crippen molar-refractivity contribution in [2.45, 2.75) is 17.7 Å². The van der Waals surface area contributed by atoms with E-state index in [1.165, 1.54) is 16.4 Å². The summed E-state index contributed by atoms with van der Waals surface area (Å²) in [5.41, 5.74) is 1.80. The summed E-state index contributed by atoms with van der Waals surface area (Å²) < 4.78 is 32.7. The summed E-state index contributed by atoms with van der Waals surface area (Å²) in [6.07, 6.45) is 1.30. The number of carbonyl (C=O) groups is 1. The summed E-state index contributed by atoms with van der Waals surface area (Å²) in [6, 6.07) is 13.8. The minimum absolute atomic E-state index is 0.157. The molecule has 1 atom stereocenters. The highest BCUT2D eigenvalue weighted by atomic mass is 35.5. The third-order valence-corrected chi connectivity index (χ3v) is 7.85. The lowest BCUT2D eigenvalue weighted by atomic mass is 9.98. The van der Waals surface area contributed by atoms with E-state index in [2.05, 4.69) is 10.2 Å². The van der Waals surface area contributed by atoms with E-state index in [1.54, 1.807) is 12.1 Å². The Hall–Kier alpha value is -2.13. The van der Waals surface area contributed by atoms with E-state index >= 15 is 0 Å². The fourth-order valence-corrected chi connectivity index (χ4v) is 5.60. The largest absolute Gasteiger partial charge is 0.378 e. The van der Waals surface area contributed by atoms with Gasteiger partial charge in [-0.2, -0.15) is 4.31 Å². The molecule has 2 aromatic rings. The first-order valence-corrected chi connectivity index (χ1v) is 12.2. The molecular formula is C22H26ClN3O4S. The first-order chi connectivity index (χ1) is 14.9. The number of hydrogen-bond donors (Lipinski definition) is 1. The minimum Gasteiger partial charge on any atom is -0.378 e. The topological polar surface area (TPSA) is 79.0 Å². The lowest BCUT2D eigenvalue weighted by Crippen LogP contribution is -2.43. The van der Waals surface area contributed by atoms with Crippen molar-refractivity contribution < 1.29 is 17.9 Å². The van der Waals surface area contributed by atoms with Crippen molar-refractivity contribution in [3.05, 3.63) is 53.6 Å². The molecule has 1 N–H and O–H groups in total. The number of nitrogens with zero attached hydrogens (tertiary/aromatic N) is 2. The second-order valence-corrected chi connectivity index (χ2v) is 10.2. The fraction of sp³-hybridized carbons (Fsp3) is 0.409. The molecule has 31 heavy (non-hydrogen) atoms. The van der Waals surface area contributed by atoms with E-state index in [0.29, 0.717) is 30.1 Å². The zero-order valence-corrected chi connectivity index (χ0v) is 18.7. The molecule has 0 aromatic heterocycles. The molecule has 2 fully saturated rings. The maximum absolute atomic E-state index is 13.0. The van der Waals surface area contributed by atoms with Crippen molar-refractivity contribution in [3.63, 3.8) is 0 Å². The van der Waals surface area contributed by atoms with Crippen LogP contribution < -0.4 is 10.2 Å². The Kier molecular flexibility index (Phi) is 6.81. The summed E-state index contributed by atoms with van der Waals surface area (Å²) in [5.74, 6) is -0.551. The van der Waals surface area contributed by atoms with Gasteiger partial charge < -0.3 is 15.0 Å². The smallest absolute Gasteiger partial charge is 0.243 e. The molecule has 0 saturated carbocycles. The molecular weight excluding hydrogens is 438 g/mol. The molecule has 0 bridgehead atoms. The highest BCUT2D eigenvalue weighted by Crippen LogP contribution is 2.26. The second-order valence-electron chi connectivity index (χ2n) is 7.79. The average molecular weight is 464 g/mol. The molecule has 2 heterocycles. The number of halogens is 1. The van der Waals surface area contributed by atoms with Crippen LogP contribution in [0.3, 0.4) is 0 Å². The molecule has 4 rings (SSSR count). The lowest BCUT2D eigenvalue weighted by Gasteiger charge is -2.31. The number of sulfonamides is 1. The number of benzene rings is 2. The van der Waals surface area contributed by atoms with Crippen LogP contribution >= 0.6 is 11.6 Å². The van der Waals surface area contributed by atoms with E-state index < -0.39 is 15.9 Å². The number of nitrogens with one attached hydrogen (secondary N) is 1. The number of anilines is 2. The summed E-state index contributed by atoms with van der Waals surface area (Å²) in [6.45, 7) is 3.72. The van der Waals surface area contributed by atoms with E-state index in [4.69, 9.17) is 16.3 Å². The van der Waals surface area contributed by atoms with Crippen molar-refractivity contribution in [3.8, 4) is 0 Å². The van der Waals surface area contributed by atoms with Gasteiger partial charge in [-0.1, -0.05) is 11.6 Å². The molecule has 0 radical (unpaired) electrons. The van der Waals surface area contributed by atoms with Crippen molar-refractivity contribution in [2.75, 3.05) is 49.6 Å². The Morgan fingerprint density at radius 3 is 2.35 bits per heavy atom. The van der Waals surface area contributed by atoms with Crippen LogP contribution in [0.4, 0.5) is 11.4 Å². The standard InChI is InChI=1S/C22H26ClN3O4S/c23-18-3-9-21(10-4-18)31(28,29)26-11-1-2-17(16-26)22(27)24-19-5-7-20(8-6-19)25-12-14-30-15-13-25/h3-10,17H,1-2,11-16H2,(H,24,27). The van der Waals surface area contributed by atoms with Crippen LogP contribution in [0.1, 0.15) is 12.8 Å². The van der Waals surface area contributed by atoms with E-state index in [0.717, 1.165) is 32.0 Å². The maximum atomic E-state index is 13.0. The third-order valence-electron chi connectivity index (χ3n) is 5.72. The number of amides is 1. The molecule has 2 aliphatic rings. The van der Waals surface area contributed by atoms with Gasteiger partial charge in [-0.3, -0.25) is 4.79 Å². The van der Waals surface area contributed by atoms with Gasteiger partial charge in [0.2, 0.25) is 15.9 Å². The first kappa shape index (κ1) is 22.1. The number of piperidine rings is 1. The molecule has 1 unspecified atom stereocenters. The monoisotopic (exact) mass is 463 g/mol. The first-order valence-electron chi connectivity index (χ1n) is 10.4. The van der Waals surface area contributed by atoms with Crippen molar-refractivity contribution in [1.29, 1.82) is 0 Å². The number of morpholine rings is 1. The predicted octanol–water partition coefficient (Wildman–Crippen LogP) is 3.22. The zero-order valence-electron chi connectivity index (χ0n) is 17.2. The van der Waals surface area contributed by atoms with Crippen LogP contribution in [0.25, 0.3) is 0 Å². The van der Waals surface area contributed by atoms with Crippen LogP contribution in [0, 0.1) is 5.92 Å². The number of ether oxygens (including phenoxy) is 1. The van der Waals surface area contributed by atoms with Gasteiger partial charge in [0, 0.05) is 42.6 Å². The SMILES string of the molecule is O=C(Nc1ccc(N2CCOCC2)cc1)C1CCCN(S(=O)(=O)c2ccc(Cl)cc2)C1. The van der Waals surface area contributed by atoms with E-state index in [1.807, 2.05) is 24.3 Å². The van der Waals surface area contributed by atoms with Gasteiger partial charge in [-0.15, -0.1) is 0 Å². The Morgan fingerprint density at radius 2 is 1.68 bits per heavy atom. The van der Waals surface area contributed by atoms with Gasteiger partial charge in [0.25, 0.3) is 0 Å². The molecule has 2 saturated heterocycles. The van der Waals surface area contributed by atoms with Crippen LogP contribution in [0.5, 0.6) is 0 Å². The van der Waals surface area contributed by atoms with E-state index in [9.17, 15) is 13.2 Å². The van der Waals surface area contributed by atoms with Crippen molar-refractivity contribution in [1.82, 2.24) is 4.31 Å². The van der Waals surface area contributed by atoms with Gasteiger partial charge in [0.15, 0.2) is 0 Å². The molecule has 1 amide bonds. The predicted molar refractivity (Wildman–Crippen MR) is 121 cm³/mol. The van der Waals surface area contributed by atoms with Crippen LogP contribution in [-0.2, 0) is 19.6 Å². The Morgan fingerprint density at radius 1 is 1.00 bits per heavy atom. The number of rotatable bonds is 5. The van der Waals surface area contributed by atoms with Crippen molar-refractivity contribution in [2.24, 2.45) is 5.92 Å². The normalized spacial score (nSPS) is 20.4. The Bertz CT molecular complexity index is 1010. The zero-order chi connectivity index (χ0) is 21.8. The summed E-state index contributed by atoms with van der Waals surface area (Å²) in [5, 5.41) is 3.42. The maximum Gasteiger partial charge on any atom is 0.243 e.